The Morgan fingerprint density at radius 1 is 1.17 bits per heavy atom. The monoisotopic (exact) mass is 355 g/mol. The number of rotatable bonds is 4. The van der Waals surface area contributed by atoms with Crippen LogP contribution in [0.4, 0.5) is 0 Å². The molecule has 1 aromatic carbocycles. The maximum Gasteiger partial charge on any atom is 0.243 e. The first-order chi connectivity index (χ1) is 10.8. The molecule has 5 nitrogen and oxygen atoms in total. The number of thiocarbonyl (C=S) groups is 1. The molecule has 1 aliphatic rings. The van der Waals surface area contributed by atoms with E-state index in [2.05, 4.69) is 19.2 Å². The zero-order valence-corrected chi connectivity index (χ0v) is 15.6. The lowest BCUT2D eigenvalue weighted by Gasteiger charge is -2.35. The molecule has 0 bridgehead atoms. The van der Waals surface area contributed by atoms with Crippen molar-refractivity contribution in [3.8, 4) is 0 Å². The van der Waals surface area contributed by atoms with E-state index in [0.717, 1.165) is 12.1 Å². The Kier molecular flexibility index (Phi) is 6.00. The molecule has 0 spiro atoms. The molecule has 0 saturated carbocycles. The number of benzene rings is 1. The third-order valence-electron chi connectivity index (χ3n) is 3.85. The van der Waals surface area contributed by atoms with E-state index >= 15 is 0 Å². The van der Waals surface area contributed by atoms with Crippen molar-refractivity contribution in [1.29, 1.82) is 0 Å². The molecule has 0 unspecified atom stereocenters. The molecule has 0 aliphatic carbocycles. The summed E-state index contributed by atoms with van der Waals surface area (Å²) in [6.07, 6.45) is 0. The molecule has 1 aromatic rings. The fourth-order valence-corrected chi connectivity index (χ4v) is 4.08. The van der Waals surface area contributed by atoms with Crippen LogP contribution in [0, 0.1) is 12.8 Å². The smallest absolute Gasteiger partial charge is 0.243 e. The van der Waals surface area contributed by atoms with Crippen LogP contribution in [0.3, 0.4) is 0 Å². The van der Waals surface area contributed by atoms with Crippen molar-refractivity contribution in [3.05, 3.63) is 29.8 Å². The molecular formula is C16H25N3O2S2. The predicted octanol–water partition coefficient (Wildman–Crippen LogP) is 1.83. The summed E-state index contributed by atoms with van der Waals surface area (Å²) >= 11 is 5.38. The van der Waals surface area contributed by atoms with E-state index in [1.807, 2.05) is 24.0 Å². The predicted molar refractivity (Wildman–Crippen MR) is 96.9 cm³/mol. The van der Waals surface area contributed by atoms with Crippen LogP contribution in [0.5, 0.6) is 0 Å². The molecule has 0 atom stereocenters. The molecule has 2 rings (SSSR count). The van der Waals surface area contributed by atoms with Crippen LogP contribution in [-0.4, -0.2) is 55.5 Å². The molecule has 1 aliphatic heterocycles. The van der Waals surface area contributed by atoms with Gasteiger partial charge in [-0.25, -0.2) is 8.42 Å². The van der Waals surface area contributed by atoms with Crippen molar-refractivity contribution >= 4 is 27.4 Å². The summed E-state index contributed by atoms with van der Waals surface area (Å²) in [5.74, 6) is 0.524. The molecule has 1 saturated heterocycles. The molecule has 7 heteroatoms. The van der Waals surface area contributed by atoms with E-state index in [1.54, 1.807) is 16.4 Å². The largest absolute Gasteiger partial charge is 0.362 e. The first-order valence-corrected chi connectivity index (χ1v) is 9.75. The third kappa shape index (κ3) is 4.65. The van der Waals surface area contributed by atoms with Gasteiger partial charge in [0.05, 0.1) is 4.90 Å². The van der Waals surface area contributed by atoms with Gasteiger partial charge in [-0.05, 0) is 37.2 Å². The minimum Gasteiger partial charge on any atom is -0.362 e. The van der Waals surface area contributed by atoms with Crippen LogP contribution in [0.15, 0.2) is 29.2 Å². The normalized spacial score (nSPS) is 16.6. The summed E-state index contributed by atoms with van der Waals surface area (Å²) in [7, 11) is -3.41. The number of nitrogens with one attached hydrogen (secondary N) is 1. The average Bonchev–Trinajstić information content (AvgIpc) is 2.53. The zero-order valence-electron chi connectivity index (χ0n) is 13.9. The lowest BCUT2D eigenvalue weighted by Crippen LogP contribution is -2.53. The Morgan fingerprint density at radius 2 is 1.74 bits per heavy atom. The Bertz CT molecular complexity index is 634. The van der Waals surface area contributed by atoms with Gasteiger partial charge in [-0.1, -0.05) is 31.5 Å². The van der Waals surface area contributed by atoms with Crippen LogP contribution in [0.1, 0.15) is 19.4 Å². The zero-order chi connectivity index (χ0) is 17.0. The van der Waals surface area contributed by atoms with Crippen molar-refractivity contribution in [2.24, 2.45) is 5.92 Å². The van der Waals surface area contributed by atoms with Gasteiger partial charge in [-0.2, -0.15) is 4.31 Å². The van der Waals surface area contributed by atoms with Gasteiger partial charge in [0.15, 0.2) is 5.11 Å². The highest BCUT2D eigenvalue weighted by Gasteiger charge is 2.29. The van der Waals surface area contributed by atoms with Gasteiger partial charge in [0.25, 0.3) is 0 Å². The summed E-state index contributed by atoms with van der Waals surface area (Å²) in [6.45, 7) is 9.19. The fourth-order valence-electron chi connectivity index (χ4n) is 2.39. The molecule has 0 aromatic heterocycles. The van der Waals surface area contributed by atoms with Crippen LogP contribution >= 0.6 is 12.2 Å². The number of nitrogens with zero attached hydrogens (tertiary/aromatic N) is 2. The van der Waals surface area contributed by atoms with E-state index in [1.165, 1.54) is 0 Å². The van der Waals surface area contributed by atoms with E-state index in [4.69, 9.17) is 12.2 Å². The van der Waals surface area contributed by atoms with Crippen LogP contribution in [-0.2, 0) is 10.0 Å². The SMILES string of the molecule is Cc1ccc(S(=O)(=O)N2CCN(C(=S)NCC(C)C)CC2)cc1. The number of hydrogen-bond donors (Lipinski definition) is 1. The fraction of sp³-hybridized carbons (Fsp3) is 0.562. The second-order valence-corrected chi connectivity index (χ2v) is 8.61. The van der Waals surface area contributed by atoms with Crippen molar-refractivity contribution in [2.45, 2.75) is 25.7 Å². The molecule has 0 amide bonds. The lowest BCUT2D eigenvalue weighted by atomic mass is 10.2. The summed E-state index contributed by atoms with van der Waals surface area (Å²) in [4.78, 5) is 2.40. The summed E-state index contributed by atoms with van der Waals surface area (Å²) < 4.78 is 26.8. The highest BCUT2D eigenvalue weighted by Crippen LogP contribution is 2.18. The number of hydrogen-bond acceptors (Lipinski definition) is 3. The van der Waals surface area contributed by atoms with E-state index in [0.29, 0.717) is 42.1 Å². The summed E-state index contributed by atoms with van der Waals surface area (Å²) in [5.41, 5.74) is 1.05. The van der Waals surface area contributed by atoms with Gasteiger partial charge in [-0.3, -0.25) is 0 Å². The molecule has 1 N–H and O–H groups in total. The van der Waals surface area contributed by atoms with E-state index in [-0.39, 0.29) is 0 Å². The number of sulfonamides is 1. The van der Waals surface area contributed by atoms with Gasteiger partial charge in [0.1, 0.15) is 0 Å². The van der Waals surface area contributed by atoms with Gasteiger partial charge >= 0.3 is 0 Å². The van der Waals surface area contributed by atoms with Gasteiger partial charge < -0.3 is 10.2 Å². The third-order valence-corrected chi connectivity index (χ3v) is 6.16. The Morgan fingerprint density at radius 3 is 2.26 bits per heavy atom. The lowest BCUT2D eigenvalue weighted by molar-refractivity contribution is 0.263. The second kappa shape index (κ2) is 7.59. The average molecular weight is 356 g/mol. The van der Waals surface area contributed by atoms with Crippen LogP contribution < -0.4 is 5.32 Å². The van der Waals surface area contributed by atoms with E-state index < -0.39 is 10.0 Å². The van der Waals surface area contributed by atoms with Crippen molar-refractivity contribution in [2.75, 3.05) is 32.7 Å². The van der Waals surface area contributed by atoms with E-state index in [9.17, 15) is 8.42 Å². The van der Waals surface area contributed by atoms with Crippen LogP contribution in [0.2, 0.25) is 0 Å². The first-order valence-electron chi connectivity index (χ1n) is 7.90. The standard InChI is InChI=1S/C16H25N3O2S2/c1-13(2)12-17-16(22)18-8-10-19(11-9-18)23(20,21)15-6-4-14(3)5-7-15/h4-7,13H,8-12H2,1-3H3,(H,17,22). The number of piperazine rings is 1. The molecule has 1 heterocycles. The van der Waals surface area contributed by atoms with Gasteiger partial charge in [0, 0.05) is 32.7 Å². The Labute approximate surface area is 144 Å². The number of aryl methyl sites for hydroxylation is 1. The maximum absolute atomic E-state index is 12.6. The summed E-state index contributed by atoms with van der Waals surface area (Å²) in [5, 5.41) is 3.95. The van der Waals surface area contributed by atoms with Crippen molar-refractivity contribution in [3.63, 3.8) is 0 Å². The minimum absolute atomic E-state index is 0.358. The van der Waals surface area contributed by atoms with Crippen molar-refractivity contribution in [1.82, 2.24) is 14.5 Å². The van der Waals surface area contributed by atoms with Gasteiger partial charge in [0.2, 0.25) is 10.0 Å². The summed E-state index contributed by atoms with van der Waals surface area (Å²) in [6, 6.07) is 7.00. The Balaban J connectivity index is 1.95. The topological polar surface area (TPSA) is 52.7 Å². The Hall–Kier alpha value is -1.18. The van der Waals surface area contributed by atoms with Crippen molar-refractivity contribution < 1.29 is 8.42 Å². The van der Waals surface area contributed by atoms with Crippen LogP contribution in [0.25, 0.3) is 0 Å². The minimum atomic E-state index is -3.41. The maximum atomic E-state index is 12.6. The second-order valence-electron chi connectivity index (χ2n) is 6.28. The highest BCUT2D eigenvalue weighted by atomic mass is 32.2. The molecule has 23 heavy (non-hydrogen) atoms. The van der Waals surface area contributed by atoms with Gasteiger partial charge in [-0.15, -0.1) is 0 Å². The first kappa shape index (κ1) is 18.2. The molecule has 1 fully saturated rings. The molecule has 128 valence electrons. The molecule has 0 radical (unpaired) electrons. The highest BCUT2D eigenvalue weighted by molar-refractivity contribution is 7.89. The quantitative estimate of drug-likeness (QED) is 0.835. The molecular weight excluding hydrogens is 330 g/mol.